The zero-order valence-corrected chi connectivity index (χ0v) is 18.2. The molecule has 1 aliphatic heterocycles. The molecule has 1 saturated carbocycles. The lowest BCUT2D eigenvalue weighted by Gasteiger charge is -2.39. The Morgan fingerprint density at radius 1 is 1.13 bits per heavy atom. The standard InChI is InChI=1S/C23H31N3O4/c1-14-5-6-17-15(2)22(30-20(17)13-14)23(29)24(4)18-7-8-19(21(18)28)26-11-9-25(10-12-26)16(3)27/h5-6,13,18-19,21,28H,7-12H2,1-4H3/t18-,19-,21-/m1/s1. The Labute approximate surface area is 177 Å². The topological polar surface area (TPSA) is 77.2 Å². The van der Waals surface area contributed by atoms with Crippen molar-refractivity contribution in [2.24, 2.45) is 0 Å². The highest BCUT2D eigenvalue weighted by atomic mass is 16.3. The van der Waals surface area contributed by atoms with Gasteiger partial charge in [-0.05, 0) is 38.3 Å². The van der Waals surface area contributed by atoms with Crippen LogP contribution >= 0.6 is 0 Å². The molecular formula is C23H31N3O4. The molecule has 2 aromatic rings. The van der Waals surface area contributed by atoms with E-state index < -0.39 is 6.10 Å². The molecule has 1 N–H and O–H groups in total. The van der Waals surface area contributed by atoms with Crippen LogP contribution in [0.3, 0.4) is 0 Å². The predicted octanol–water partition coefficient (Wildman–Crippen LogP) is 2.18. The van der Waals surface area contributed by atoms with E-state index in [0.29, 0.717) is 18.8 Å². The summed E-state index contributed by atoms with van der Waals surface area (Å²) in [6.45, 7) is 8.39. The molecule has 162 valence electrons. The van der Waals surface area contributed by atoms with Crippen molar-refractivity contribution in [3.8, 4) is 0 Å². The third-order valence-corrected chi connectivity index (χ3v) is 6.88. The number of benzene rings is 1. The van der Waals surface area contributed by atoms with Crippen molar-refractivity contribution in [3.05, 3.63) is 35.1 Å². The minimum atomic E-state index is -0.616. The van der Waals surface area contributed by atoms with Crippen LogP contribution in [0, 0.1) is 13.8 Å². The second-order valence-electron chi connectivity index (χ2n) is 8.72. The summed E-state index contributed by atoms with van der Waals surface area (Å²) in [6, 6.07) is 5.71. The second kappa shape index (κ2) is 8.04. The number of furan rings is 1. The van der Waals surface area contributed by atoms with Crippen LogP contribution in [0.1, 0.15) is 41.4 Å². The molecule has 2 fully saturated rings. The van der Waals surface area contributed by atoms with E-state index in [9.17, 15) is 14.7 Å². The van der Waals surface area contributed by atoms with E-state index in [1.165, 1.54) is 0 Å². The predicted molar refractivity (Wildman–Crippen MR) is 114 cm³/mol. The van der Waals surface area contributed by atoms with Crippen LogP contribution in [0.25, 0.3) is 11.0 Å². The first-order valence-electron chi connectivity index (χ1n) is 10.7. The van der Waals surface area contributed by atoms with Crippen molar-refractivity contribution in [3.63, 3.8) is 0 Å². The lowest BCUT2D eigenvalue weighted by Crippen LogP contribution is -2.55. The third-order valence-electron chi connectivity index (χ3n) is 6.88. The molecule has 0 radical (unpaired) electrons. The number of hydrogen-bond donors (Lipinski definition) is 1. The van der Waals surface area contributed by atoms with Crippen LogP contribution < -0.4 is 0 Å². The maximum Gasteiger partial charge on any atom is 0.289 e. The number of rotatable bonds is 3. The minimum absolute atomic E-state index is 0.0128. The third kappa shape index (κ3) is 3.61. The Bertz CT molecular complexity index is 961. The summed E-state index contributed by atoms with van der Waals surface area (Å²) in [5.74, 6) is 0.262. The van der Waals surface area contributed by atoms with Crippen molar-refractivity contribution < 1.29 is 19.1 Å². The maximum atomic E-state index is 13.2. The number of carbonyl (C=O) groups excluding carboxylic acids is 2. The van der Waals surface area contributed by atoms with Gasteiger partial charge in [-0.2, -0.15) is 0 Å². The van der Waals surface area contributed by atoms with Gasteiger partial charge in [-0.15, -0.1) is 0 Å². The second-order valence-corrected chi connectivity index (χ2v) is 8.72. The van der Waals surface area contributed by atoms with E-state index in [2.05, 4.69) is 4.90 Å². The van der Waals surface area contributed by atoms with Gasteiger partial charge >= 0.3 is 0 Å². The van der Waals surface area contributed by atoms with Crippen molar-refractivity contribution in [1.29, 1.82) is 0 Å². The first-order valence-corrected chi connectivity index (χ1v) is 10.7. The quantitative estimate of drug-likeness (QED) is 0.835. The molecule has 1 aliphatic carbocycles. The summed E-state index contributed by atoms with van der Waals surface area (Å²) in [5.41, 5.74) is 2.64. The Kier molecular flexibility index (Phi) is 5.59. The molecule has 0 spiro atoms. The molecular weight excluding hydrogens is 382 g/mol. The van der Waals surface area contributed by atoms with Gasteiger partial charge < -0.3 is 19.3 Å². The number of aryl methyl sites for hydroxylation is 2. The fraction of sp³-hybridized carbons (Fsp3) is 0.565. The molecule has 30 heavy (non-hydrogen) atoms. The number of amides is 2. The Morgan fingerprint density at radius 2 is 1.83 bits per heavy atom. The molecule has 1 saturated heterocycles. The highest BCUT2D eigenvalue weighted by molar-refractivity contribution is 5.99. The largest absolute Gasteiger partial charge is 0.451 e. The summed E-state index contributed by atoms with van der Waals surface area (Å²) >= 11 is 0. The minimum Gasteiger partial charge on any atom is -0.451 e. The number of aliphatic hydroxyl groups excluding tert-OH is 1. The SMILES string of the molecule is CC(=O)N1CCN([C@@H]2CC[C@@H](N(C)C(=O)c3oc4cc(C)ccc4c3C)[C@H]2O)CC1. The maximum absolute atomic E-state index is 13.2. The van der Waals surface area contributed by atoms with E-state index in [-0.39, 0.29) is 23.9 Å². The molecule has 2 heterocycles. The van der Waals surface area contributed by atoms with E-state index >= 15 is 0 Å². The Morgan fingerprint density at radius 3 is 2.50 bits per heavy atom. The van der Waals surface area contributed by atoms with Crippen LogP contribution in [-0.4, -0.2) is 83.0 Å². The number of likely N-dealkylation sites (N-methyl/N-ethyl adjacent to an activating group) is 1. The van der Waals surface area contributed by atoms with Crippen LogP contribution in [0.2, 0.25) is 0 Å². The van der Waals surface area contributed by atoms with Crippen molar-refractivity contribution >= 4 is 22.8 Å². The molecule has 2 amide bonds. The van der Waals surface area contributed by atoms with Gasteiger partial charge in [0.1, 0.15) is 5.58 Å². The lowest BCUT2D eigenvalue weighted by molar-refractivity contribution is -0.131. The summed E-state index contributed by atoms with van der Waals surface area (Å²) in [4.78, 5) is 30.5. The molecule has 2 aliphatic rings. The van der Waals surface area contributed by atoms with E-state index in [0.717, 1.165) is 48.0 Å². The van der Waals surface area contributed by atoms with Crippen molar-refractivity contribution in [1.82, 2.24) is 14.7 Å². The number of carbonyl (C=O) groups is 2. The van der Waals surface area contributed by atoms with Crippen LogP contribution in [0.5, 0.6) is 0 Å². The molecule has 1 aromatic heterocycles. The number of fused-ring (bicyclic) bond motifs is 1. The zero-order chi connectivity index (χ0) is 21.6. The number of nitrogens with zero attached hydrogens (tertiary/aromatic N) is 3. The molecule has 4 rings (SSSR count). The van der Waals surface area contributed by atoms with Crippen molar-refractivity contribution in [2.45, 2.75) is 51.8 Å². The molecule has 0 unspecified atom stereocenters. The van der Waals surface area contributed by atoms with Gasteiger partial charge in [0, 0.05) is 57.1 Å². The summed E-state index contributed by atoms with van der Waals surface area (Å²) < 4.78 is 5.91. The number of piperazine rings is 1. The number of hydrogen-bond acceptors (Lipinski definition) is 5. The van der Waals surface area contributed by atoms with Gasteiger partial charge in [0.15, 0.2) is 5.76 Å². The Hall–Kier alpha value is -2.38. The molecule has 0 bridgehead atoms. The molecule has 1 aromatic carbocycles. The van der Waals surface area contributed by atoms with Crippen LogP contribution in [-0.2, 0) is 4.79 Å². The van der Waals surface area contributed by atoms with Crippen LogP contribution in [0.15, 0.2) is 22.6 Å². The van der Waals surface area contributed by atoms with Crippen molar-refractivity contribution in [2.75, 3.05) is 33.2 Å². The molecule has 3 atom stereocenters. The van der Waals surface area contributed by atoms with Gasteiger partial charge in [-0.3, -0.25) is 14.5 Å². The first kappa shape index (κ1) is 20.9. The monoisotopic (exact) mass is 413 g/mol. The fourth-order valence-electron chi connectivity index (χ4n) is 4.98. The van der Waals surface area contributed by atoms with E-state index in [4.69, 9.17) is 4.42 Å². The molecule has 7 heteroatoms. The molecule has 7 nitrogen and oxygen atoms in total. The zero-order valence-electron chi connectivity index (χ0n) is 18.2. The first-order chi connectivity index (χ1) is 14.3. The fourth-order valence-corrected chi connectivity index (χ4v) is 4.98. The smallest absolute Gasteiger partial charge is 0.289 e. The average Bonchev–Trinajstić information content (AvgIpc) is 3.26. The van der Waals surface area contributed by atoms with Gasteiger partial charge in [0.05, 0.1) is 12.1 Å². The van der Waals surface area contributed by atoms with E-state index in [1.807, 2.05) is 36.9 Å². The van der Waals surface area contributed by atoms with Gasteiger partial charge in [-0.1, -0.05) is 12.1 Å². The summed E-state index contributed by atoms with van der Waals surface area (Å²) in [6.07, 6.45) is 0.969. The van der Waals surface area contributed by atoms with Crippen LogP contribution in [0.4, 0.5) is 0 Å². The highest BCUT2D eigenvalue weighted by Crippen LogP contribution is 2.32. The summed E-state index contributed by atoms with van der Waals surface area (Å²) in [5, 5.41) is 12.0. The van der Waals surface area contributed by atoms with Gasteiger partial charge in [0.2, 0.25) is 5.91 Å². The highest BCUT2D eigenvalue weighted by Gasteiger charge is 2.43. The average molecular weight is 414 g/mol. The van der Waals surface area contributed by atoms with E-state index in [1.54, 1.807) is 18.9 Å². The lowest BCUT2D eigenvalue weighted by atomic mass is 10.1. The normalized spacial score (nSPS) is 25.1. The summed E-state index contributed by atoms with van der Waals surface area (Å²) in [7, 11) is 1.75. The Balaban J connectivity index is 1.46. The number of aliphatic hydroxyl groups is 1. The van der Waals surface area contributed by atoms with Gasteiger partial charge in [-0.25, -0.2) is 0 Å². The van der Waals surface area contributed by atoms with Gasteiger partial charge in [0.25, 0.3) is 5.91 Å².